The number of methoxy groups -OCH3 is 1. The van der Waals surface area contributed by atoms with Crippen molar-refractivity contribution in [1.82, 2.24) is 0 Å². The molecule has 5 heteroatoms. The first-order valence-corrected chi connectivity index (χ1v) is 5.67. The SMILES string of the molecule is C=C(CCC)C(=O)O.C=C(CCCOC)C(=O)O. The van der Waals surface area contributed by atoms with Crippen LogP contribution >= 0.6 is 0 Å². The molecule has 0 aliphatic heterocycles. The van der Waals surface area contributed by atoms with Crippen LogP contribution in [0.15, 0.2) is 24.3 Å². The van der Waals surface area contributed by atoms with Gasteiger partial charge in [0.15, 0.2) is 0 Å². The molecule has 0 aromatic heterocycles. The molecule has 0 amide bonds. The standard InChI is InChI=1S/C7H12O3.C6H10O2/c1-6(7(8)9)4-3-5-10-2;1-3-4-5(2)6(7)8/h1,3-5H2,2H3,(H,8,9);2-4H2,1H3,(H,7,8). The Morgan fingerprint density at radius 2 is 1.50 bits per heavy atom. The van der Waals surface area contributed by atoms with E-state index in [2.05, 4.69) is 13.2 Å². The molecule has 0 aromatic rings. The number of aliphatic carboxylic acids is 2. The van der Waals surface area contributed by atoms with E-state index in [1.165, 1.54) is 0 Å². The minimum Gasteiger partial charge on any atom is -0.478 e. The molecule has 0 spiro atoms. The van der Waals surface area contributed by atoms with E-state index in [0.29, 0.717) is 25.0 Å². The van der Waals surface area contributed by atoms with E-state index in [1.807, 2.05) is 6.92 Å². The van der Waals surface area contributed by atoms with E-state index >= 15 is 0 Å². The fourth-order valence-corrected chi connectivity index (χ4v) is 0.946. The van der Waals surface area contributed by atoms with Gasteiger partial charge in [0.25, 0.3) is 0 Å². The fraction of sp³-hybridized carbons (Fsp3) is 0.538. The van der Waals surface area contributed by atoms with Crippen LogP contribution in [0.2, 0.25) is 0 Å². The van der Waals surface area contributed by atoms with E-state index in [0.717, 1.165) is 12.8 Å². The molecule has 0 saturated carbocycles. The first kappa shape index (κ1) is 18.7. The second-order valence-electron chi connectivity index (χ2n) is 3.66. The minimum atomic E-state index is -0.920. The van der Waals surface area contributed by atoms with Crippen LogP contribution in [0.5, 0.6) is 0 Å². The van der Waals surface area contributed by atoms with Crippen LogP contribution in [0.4, 0.5) is 0 Å². The van der Waals surface area contributed by atoms with E-state index in [9.17, 15) is 9.59 Å². The third-order valence-electron chi connectivity index (χ3n) is 1.98. The maximum absolute atomic E-state index is 10.2. The summed E-state index contributed by atoms with van der Waals surface area (Å²) in [5, 5.41) is 16.6. The number of hydrogen-bond acceptors (Lipinski definition) is 3. The Labute approximate surface area is 108 Å². The zero-order valence-electron chi connectivity index (χ0n) is 11.1. The van der Waals surface area contributed by atoms with Crippen molar-refractivity contribution < 1.29 is 24.5 Å². The Morgan fingerprint density at radius 1 is 1.06 bits per heavy atom. The molecule has 5 nitrogen and oxygen atoms in total. The number of carbonyl (C=O) groups is 2. The monoisotopic (exact) mass is 258 g/mol. The van der Waals surface area contributed by atoms with Crippen LogP contribution in [0.3, 0.4) is 0 Å². The highest BCUT2D eigenvalue weighted by Crippen LogP contribution is 2.01. The van der Waals surface area contributed by atoms with Gasteiger partial charge in [0.05, 0.1) is 0 Å². The van der Waals surface area contributed by atoms with Crippen LogP contribution in [0.1, 0.15) is 32.6 Å². The average molecular weight is 258 g/mol. The van der Waals surface area contributed by atoms with Crippen LogP contribution in [-0.4, -0.2) is 35.9 Å². The predicted octanol–water partition coefficient (Wildman–Crippen LogP) is 2.48. The number of rotatable bonds is 8. The van der Waals surface area contributed by atoms with Gasteiger partial charge in [0, 0.05) is 24.9 Å². The third-order valence-corrected chi connectivity index (χ3v) is 1.98. The highest BCUT2D eigenvalue weighted by molar-refractivity contribution is 5.85. The maximum Gasteiger partial charge on any atom is 0.330 e. The number of carboxylic acids is 2. The van der Waals surface area contributed by atoms with Gasteiger partial charge in [-0.15, -0.1) is 0 Å². The van der Waals surface area contributed by atoms with Crippen molar-refractivity contribution in [3.63, 3.8) is 0 Å². The molecule has 0 bridgehead atoms. The van der Waals surface area contributed by atoms with Gasteiger partial charge in [0.1, 0.15) is 0 Å². The third kappa shape index (κ3) is 12.4. The molecule has 0 rings (SSSR count). The van der Waals surface area contributed by atoms with E-state index in [-0.39, 0.29) is 5.57 Å². The fourth-order valence-electron chi connectivity index (χ4n) is 0.946. The molecule has 0 aliphatic carbocycles. The molecule has 0 aromatic carbocycles. The Kier molecular flexibility index (Phi) is 12.3. The van der Waals surface area contributed by atoms with Crippen LogP contribution in [-0.2, 0) is 14.3 Å². The van der Waals surface area contributed by atoms with E-state index in [4.69, 9.17) is 14.9 Å². The topological polar surface area (TPSA) is 83.8 Å². The van der Waals surface area contributed by atoms with Gasteiger partial charge >= 0.3 is 11.9 Å². The molecular formula is C13H22O5. The van der Waals surface area contributed by atoms with Gasteiger partial charge in [-0.2, -0.15) is 0 Å². The highest BCUT2D eigenvalue weighted by atomic mass is 16.5. The van der Waals surface area contributed by atoms with E-state index in [1.54, 1.807) is 7.11 Å². The molecule has 18 heavy (non-hydrogen) atoms. The molecule has 0 heterocycles. The van der Waals surface area contributed by atoms with Gasteiger partial charge < -0.3 is 14.9 Å². The number of hydrogen-bond donors (Lipinski definition) is 2. The van der Waals surface area contributed by atoms with Crippen molar-refractivity contribution in [3.05, 3.63) is 24.3 Å². The van der Waals surface area contributed by atoms with Gasteiger partial charge in [-0.05, 0) is 19.3 Å². The first-order chi connectivity index (χ1) is 8.36. The van der Waals surface area contributed by atoms with Crippen LogP contribution in [0, 0.1) is 0 Å². The van der Waals surface area contributed by atoms with Gasteiger partial charge in [0.2, 0.25) is 0 Å². The number of ether oxygens (including phenoxy) is 1. The summed E-state index contributed by atoms with van der Waals surface area (Å²) in [4.78, 5) is 20.1. The lowest BCUT2D eigenvalue weighted by Gasteiger charge is -1.97. The first-order valence-electron chi connectivity index (χ1n) is 5.67. The Bertz CT molecular complexity index is 294. The molecular weight excluding hydrogens is 236 g/mol. The van der Waals surface area contributed by atoms with Gasteiger partial charge in [-0.3, -0.25) is 0 Å². The molecule has 0 fully saturated rings. The lowest BCUT2D eigenvalue weighted by Crippen LogP contribution is -2.00. The summed E-state index contributed by atoms with van der Waals surface area (Å²) in [7, 11) is 1.59. The van der Waals surface area contributed by atoms with Crippen molar-refractivity contribution >= 4 is 11.9 Å². The molecule has 0 aliphatic rings. The van der Waals surface area contributed by atoms with Crippen LogP contribution in [0.25, 0.3) is 0 Å². The summed E-state index contributed by atoms with van der Waals surface area (Å²) in [5.41, 5.74) is 0.546. The summed E-state index contributed by atoms with van der Waals surface area (Å²) in [5.74, 6) is -1.80. The number of carboxylic acid groups (broad SMARTS) is 2. The average Bonchev–Trinajstić information content (AvgIpc) is 2.30. The molecule has 0 saturated heterocycles. The lowest BCUT2D eigenvalue weighted by atomic mass is 10.2. The zero-order chi connectivity index (χ0) is 14.6. The van der Waals surface area contributed by atoms with Crippen molar-refractivity contribution in [2.24, 2.45) is 0 Å². The van der Waals surface area contributed by atoms with E-state index < -0.39 is 11.9 Å². The molecule has 104 valence electrons. The minimum absolute atomic E-state index is 0.247. The summed E-state index contributed by atoms with van der Waals surface area (Å²) >= 11 is 0. The normalized spacial score (nSPS) is 9.00. The quantitative estimate of drug-likeness (QED) is 0.516. The van der Waals surface area contributed by atoms with Crippen molar-refractivity contribution in [1.29, 1.82) is 0 Å². The van der Waals surface area contributed by atoms with Gasteiger partial charge in [-0.25, -0.2) is 9.59 Å². The van der Waals surface area contributed by atoms with Crippen molar-refractivity contribution in [3.8, 4) is 0 Å². The summed E-state index contributed by atoms with van der Waals surface area (Å²) in [6.07, 6.45) is 2.67. The maximum atomic E-state index is 10.2. The predicted molar refractivity (Wildman–Crippen MR) is 69.6 cm³/mol. The molecule has 0 atom stereocenters. The molecule has 2 N–H and O–H groups in total. The second kappa shape index (κ2) is 11.9. The summed E-state index contributed by atoms with van der Waals surface area (Å²) < 4.78 is 4.74. The van der Waals surface area contributed by atoms with Gasteiger partial charge in [-0.1, -0.05) is 26.5 Å². The smallest absolute Gasteiger partial charge is 0.330 e. The molecule has 0 unspecified atom stereocenters. The molecule has 0 radical (unpaired) electrons. The second-order valence-corrected chi connectivity index (χ2v) is 3.66. The summed E-state index contributed by atoms with van der Waals surface area (Å²) in [6.45, 7) is 9.23. The van der Waals surface area contributed by atoms with Crippen molar-refractivity contribution in [2.45, 2.75) is 32.6 Å². The zero-order valence-corrected chi connectivity index (χ0v) is 11.1. The van der Waals surface area contributed by atoms with Crippen LogP contribution < -0.4 is 0 Å². The highest BCUT2D eigenvalue weighted by Gasteiger charge is 2.01. The Morgan fingerprint density at radius 3 is 1.78 bits per heavy atom. The largest absolute Gasteiger partial charge is 0.478 e. The Balaban J connectivity index is 0. The summed E-state index contributed by atoms with van der Waals surface area (Å²) in [6, 6.07) is 0. The lowest BCUT2D eigenvalue weighted by molar-refractivity contribution is -0.133. The van der Waals surface area contributed by atoms with Crippen molar-refractivity contribution in [2.75, 3.05) is 13.7 Å². The Hall–Kier alpha value is -1.62.